The van der Waals surface area contributed by atoms with E-state index < -0.39 is 0 Å². The van der Waals surface area contributed by atoms with E-state index in [1.807, 2.05) is 30.3 Å². The number of aromatic nitrogens is 1. The van der Waals surface area contributed by atoms with Gasteiger partial charge in [0.15, 0.2) is 0 Å². The van der Waals surface area contributed by atoms with E-state index in [2.05, 4.69) is 10.3 Å². The first-order chi connectivity index (χ1) is 13.0. The summed E-state index contributed by atoms with van der Waals surface area (Å²) < 4.78 is 5.61. The lowest BCUT2D eigenvalue weighted by atomic mass is 10.2. The number of carbonyl (C=O) groups is 2. The number of amides is 2. The molecule has 0 saturated heterocycles. The summed E-state index contributed by atoms with van der Waals surface area (Å²) in [5, 5.41) is 2.80. The Morgan fingerprint density at radius 1 is 0.963 bits per heavy atom. The van der Waals surface area contributed by atoms with Crippen molar-refractivity contribution in [1.29, 1.82) is 0 Å². The molecule has 0 spiro atoms. The van der Waals surface area contributed by atoms with Crippen LogP contribution < -0.4 is 15.0 Å². The SMILES string of the molecule is CC(=O)N(C)c1ccc(NC(=O)c2ccc(Oc3ccccc3)nc2)cc1. The molecule has 0 saturated carbocycles. The van der Waals surface area contributed by atoms with Crippen LogP contribution in [-0.4, -0.2) is 23.8 Å². The van der Waals surface area contributed by atoms with Crippen LogP contribution in [0.3, 0.4) is 0 Å². The molecule has 3 rings (SSSR count). The van der Waals surface area contributed by atoms with E-state index in [1.165, 1.54) is 18.0 Å². The van der Waals surface area contributed by atoms with Gasteiger partial charge in [0.1, 0.15) is 5.75 Å². The Labute approximate surface area is 157 Å². The van der Waals surface area contributed by atoms with Crippen molar-refractivity contribution in [3.63, 3.8) is 0 Å². The van der Waals surface area contributed by atoms with Crippen molar-refractivity contribution >= 4 is 23.2 Å². The third-order valence-electron chi connectivity index (χ3n) is 3.95. The molecule has 2 amide bonds. The fourth-order valence-electron chi connectivity index (χ4n) is 2.34. The summed E-state index contributed by atoms with van der Waals surface area (Å²) in [6, 6.07) is 19.6. The van der Waals surface area contributed by atoms with Gasteiger partial charge in [-0.3, -0.25) is 9.59 Å². The molecule has 1 N–H and O–H groups in total. The van der Waals surface area contributed by atoms with E-state index in [4.69, 9.17) is 4.74 Å². The maximum atomic E-state index is 12.4. The van der Waals surface area contributed by atoms with E-state index in [9.17, 15) is 9.59 Å². The molecule has 0 bridgehead atoms. The number of rotatable bonds is 5. The molecular weight excluding hydrogens is 342 g/mol. The fourth-order valence-corrected chi connectivity index (χ4v) is 2.34. The van der Waals surface area contributed by atoms with Gasteiger partial charge >= 0.3 is 0 Å². The van der Waals surface area contributed by atoms with Crippen LogP contribution in [0.25, 0.3) is 0 Å². The molecule has 136 valence electrons. The number of hydrogen-bond donors (Lipinski definition) is 1. The largest absolute Gasteiger partial charge is 0.439 e. The Morgan fingerprint density at radius 3 is 2.26 bits per heavy atom. The zero-order valence-electron chi connectivity index (χ0n) is 15.0. The normalized spacial score (nSPS) is 10.1. The number of nitrogens with zero attached hydrogens (tertiary/aromatic N) is 2. The number of hydrogen-bond acceptors (Lipinski definition) is 4. The van der Waals surface area contributed by atoms with Gasteiger partial charge in [-0.25, -0.2) is 4.98 Å². The van der Waals surface area contributed by atoms with Gasteiger partial charge in [-0.1, -0.05) is 18.2 Å². The zero-order valence-corrected chi connectivity index (χ0v) is 15.0. The molecule has 6 nitrogen and oxygen atoms in total. The molecular formula is C21H19N3O3. The predicted molar refractivity (Wildman–Crippen MR) is 104 cm³/mol. The first-order valence-corrected chi connectivity index (χ1v) is 8.37. The number of carbonyl (C=O) groups excluding carboxylic acids is 2. The average molecular weight is 361 g/mol. The monoisotopic (exact) mass is 361 g/mol. The molecule has 3 aromatic rings. The first-order valence-electron chi connectivity index (χ1n) is 8.37. The van der Waals surface area contributed by atoms with Crippen molar-refractivity contribution in [2.24, 2.45) is 0 Å². The summed E-state index contributed by atoms with van der Waals surface area (Å²) in [6.45, 7) is 1.49. The highest BCUT2D eigenvalue weighted by molar-refractivity contribution is 6.04. The second kappa shape index (κ2) is 8.14. The molecule has 0 atom stereocenters. The van der Waals surface area contributed by atoms with E-state index >= 15 is 0 Å². The van der Waals surface area contributed by atoms with Gasteiger partial charge in [-0.05, 0) is 42.5 Å². The summed E-state index contributed by atoms with van der Waals surface area (Å²) in [7, 11) is 1.70. The van der Waals surface area contributed by atoms with Gasteiger partial charge in [-0.15, -0.1) is 0 Å². The summed E-state index contributed by atoms with van der Waals surface area (Å²) in [5.74, 6) is 0.754. The van der Waals surface area contributed by atoms with E-state index in [-0.39, 0.29) is 11.8 Å². The van der Waals surface area contributed by atoms with Crippen molar-refractivity contribution in [3.8, 4) is 11.6 Å². The van der Waals surface area contributed by atoms with E-state index in [0.29, 0.717) is 22.9 Å². The van der Waals surface area contributed by atoms with Crippen LogP contribution in [0.4, 0.5) is 11.4 Å². The lowest BCUT2D eigenvalue weighted by molar-refractivity contribution is -0.116. The predicted octanol–water partition coefficient (Wildman–Crippen LogP) is 4.11. The number of nitrogens with one attached hydrogen (secondary N) is 1. The summed E-state index contributed by atoms with van der Waals surface area (Å²) >= 11 is 0. The van der Waals surface area contributed by atoms with Crippen molar-refractivity contribution < 1.29 is 14.3 Å². The lowest BCUT2D eigenvalue weighted by Crippen LogP contribution is -2.22. The Kier molecular flexibility index (Phi) is 5.47. The van der Waals surface area contributed by atoms with Gasteiger partial charge in [0.2, 0.25) is 11.8 Å². The fraction of sp³-hybridized carbons (Fsp3) is 0.0952. The molecule has 2 aromatic carbocycles. The third kappa shape index (κ3) is 4.70. The van der Waals surface area contributed by atoms with Gasteiger partial charge < -0.3 is 15.0 Å². The number of para-hydroxylation sites is 1. The summed E-state index contributed by atoms with van der Waals surface area (Å²) in [4.78, 5) is 29.4. The molecule has 0 radical (unpaired) electrons. The molecule has 0 aliphatic heterocycles. The molecule has 6 heteroatoms. The maximum Gasteiger partial charge on any atom is 0.257 e. The number of pyridine rings is 1. The van der Waals surface area contributed by atoms with Crippen LogP contribution in [0.15, 0.2) is 72.9 Å². The first kappa shape index (κ1) is 18.1. The molecule has 0 aliphatic rings. The van der Waals surface area contributed by atoms with Gasteiger partial charge in [0.05, 0.1) is 5.56 Å². The minimum atomic E-state index is -0.276. The maximum absolute atomic E-state index is 12.4. The molecule has 27 heavy (non-hydrogen) atoms. The molecule has 1 aromatic heterocycles. The van der Waals surface area contributed by atoms with Crippen LogP contribution >= 0.6 is 0 Å². The Bertz CT molecular complexity index is 923. The van der Waals surface area contributed by atoms with Gasteiger partial charge in [-0.2, -0.15) is 0 Å². The lowest BCUT2D eigenvalue weighted by Gasteiger charge is -2.15. The van der Waals surface area contributed by atoms with Crippen LogP contribution in [-0.2, 0) is 4.79 Å². The van der Waals surface area contributed by atoms with Crippen LogP contribution in [0.5, 0.6) is 11.6 Å². The summed E-state index contributed by atoms with van der Waals surface area (Å²) in [5.41, 5.74) is 1.80. The van der Waals surface area contributed by atoms with Gasteiger partial charge in [0.25, 0.3) is 5.91 Å². The number of ether oxygens (including phenoxy) is 1. The number of benzene rings is 2. The second-order valence-corrected chi connectivity index (χ2v) is 5.88. The molecule has 0 aliphatic carbocycles. The van der Waals surface area contributed by atoms with Crippen molar-refractivity contribution in [3.05, 3.63) is 78.5 Å². The smallest absolute Gasteiger partial charge is 0.257 e. The average Bonchev–Trinajstić information content (AvgIpc) is 2.69. The minimum Gasteiger partial charge on any atom is -0.439 e. The third-order valence-corrected chi connectivity index (χ3v) is 3.95. The topological polar surface area (TPSA) is 71.5 Å². The van der Waals surface area contributed by atoms with Gasteiger partial charge in [0, 0.05) is 37.6 Å². The Hall–Kier alpha value is -3.67. The van der Waals surface area contributed by atoms with Crippen LogP contribution in [0, 0.1) is 0 Å². The molecule has 0 unspecified atom stereocenters. The van der Waals surface area contributed by atoms with E-state index in [1.54, 1.807) is 43.4 Å². The Balaban J connectivity index is 1.63. The molecule has 0 fully saturated rings. The quantitative estimate of drug-likeness (QED) is 0.742. The Morgan fingerprint density at radius 2 is 1.67 bits per heavy atom. The second-order valence-electron chi connectivity index (χ2n) is 5.88. The van der Waals surface area contributed by atoms with Crippen molar-refractivity contribution in [2.75, 3.05) is 17.3 Å². The standard InChI is InChI=1S/C21H19N3O3/c1-15(25)24(2)18-11-9-17(10-12-18)23-21(26)16-8-13-20(22-14-16)27-19-6-4-3-5-7-19/h3-14H,1-2H3,(H,23,26). The van der Waals surface area contributed by atoms with Crippen LogP contribution in [0.2, 0.25) is 0 Å². The van der Waals surface area contributed by atoms with E-state index in [0.717, 1.165) is 5.69 Å². The van der Waals surface area contributed by atoms with Crippen molar-refractivity contribution in [2.45, 2.75) is 6.92 Å². The highest BCUT2D eigenvalue weighted by Gasteiger charge is 2.09. The highest BCUT2D eigenvalue weighted by atomic mass is 16.5. The zero-order chi connectivity index (χ0) is 19.2. The summed E-state index contributed by atoms with van der Waals surface area (Å²) in [6.07, 6.45) is 1.46. The highest BCUT2D eigenvalue weighted by Crippen LogP contribution is 2.20. The molecule has 1 heterocycles. The van der Waals surface area contributed by atoms with Crippen molar-refractivity contribution in [1.82, 2.24) is 4.98 Å². The minimum absolute atomic E-state index is 0.0596. The number of anilines is 2. The van der Waals surface area contributed by atoms with Crippen LogP contribution in [0.1, 0.15) is 17.3 Å².